The van der Waals surface area contributed by atoms with Crippen LogP contribution in [0.3, 0.4) is 0 Å². The van der Waals surface area contributed by atoms with Crippen molar-refractivity contribution in [3.8, 4) is 0 Å². The van der Waals surface area contributed by atoms with Crippen LogP contribution >= 0.6 is 0 Å². The summed E-state index contributed by atoms with van der Waals surface area (Å²) < 4.78 is 10.1. The molecule has 0 bridgehead atoms. The average Bonchev–Trinajstić information content (AvgIpc) is 2.61. The highest BCUT2D eigenvalue weighted by molar-refractivity contribution is 5.66. The fraction of sp³-hybridized carbons (Fsp3) is 0.818. The van der Waals surface area contributed by atoms with Crippen molar-refractivity contribution in [3.05, 3.63) is 0 Å². The number of carbonyl (C=O) groups is 2. The second-order valence-electron chi connectivity index (χ2n) is 4.27. The molecule has 1 saturated carbocycles. The van der Waals surface area contributed by atoms with E-state index in [-0.39, 0.29) is 17.4 Å². The summed E-state index contributed by atoms with van der Waals surface area (Å²) in [5, 5.41) is 0. The van der Waals surface area contributed by atoms with Gasteiger partial charge in [0.25, 0.3) is 0 Å². The molecular formula is C11H18O4. The lowest BCUT2D eigenvalue weighted by atomic mass is 9.88. The van der Waals surface area contributed by atoms with Gasteiger partial charge in [-0.1, -0.05) is 12.8 Å². The van der Waals surface area contributed by atoms with E-state index >= 15 is 0 Å². The molecule has 15 heavy (non-hydrogen) atoms. The molecular weight excluding hydrogens is 196 g/mol. The van der Waals surface area contributed by atoms with Crippen molar-refractivity contribution < 1.29 is 19.1 Å². The van der Waals surface area contributed by atoms with E-state index < -0.39 is 0 Å². The van der Waals surface area contributed by atoms with Crippen molar-refractivity contribution in [1.29, 1.82) is 0 Å². The fourth-order valence-electron chi connectivity index (χ4n) is 1.96. The highest BCUT2D eigenvalue weighted by atomic mass is 16.5. The maximum Gasteiger partial charge on any atom is 0.302 e. The van der Waals surface area contributed by atoms with E-state index in [1.807, 2.05) is 0 Å². The van der Waals surface area contributed by atoms with Gasteiger partial charge in [-0.15, -0.1) is 0 Å². The first-order valence-corrected chi connectivity index (χ1v) is 5.31. The summed E-state index contributed by atoms with van der Waals surface area (Å²) in [6.07, 6.45) is 4.16. The topological polar surface area (TPSA) is 52.6 Å². The van der Waals surface area contributed by atoms with Crippen LogP contribution in [0.2, 0.25) is 0 Å². The van der Waals surface area contributed by atoms with Gasteiger partial charge in [0.15, 0.2) is 0 Å². The number of ether oxygens (including phenoxy) is 2. The Morgan fingerprint density at radius 3 is 1.73 bits per heavy atom. The van der Waals surface area contributed by atoms with Crippen LogP contribution < -0.4 is 0 Å². The molecule has 86 valence electrons. The van der Waals surface area contributed by atoms with Gasteiger partial charge in [0.2, 0.25) is 0 Å². The van der Waals surface area contributed by atoms with Crippen LogP contribution in [0.4, 0.5) is 0 Å². The molecule has 0 heterocycles. The van der Waals surface area contributed by atoms with Gasteiger partial charge in [0.05, 0.1) is 0 Å². The van der Waals surface area contributed by atoms with Crippen molar-refractivity contribution in [2.24, 2.45) is 5.41 Å². The summed E-state index contributed by atoms with van der Waals surface area (Å²) >= 11 is 0. The highest BCUT2D eigenvalue weighted by Crippen LogP contribution is 2.38. The molecule has 1 aliphatic rings. The van der Waals surface area contributed by atoms with Crippen LogP contribution in [-0.4, -0.2) is 25.2 Å². The van der Waals surface area contributed by atoms with Gasteiger partial charge < -0.3 is 9.47 Å². The highest BCUT2D eigenvalue weighted by Gasteiger charge is 2.36. The van der Waals surface area contributed by atoms with Crippen LogP contribution in [0.1, 0.15) is 39.5 Å². The van der Waals surface area contributed by atoms with E-state index in [0.29, 0.717) is 13.2 Å². The van der Waals surface area contributed by atoms with E-state index in [1.54, 1.807) is 0 Å². The van der Waals surface area contributed by atoms with Gasteiger partial charge in [-0.25, -0.2) is 0 Å². The van der Waals surface area contributed by atoms with Crippen molar-refractivity contribution in [1.82, 2.24) is 0 Å². The quantitative estimate of drug-likeness (QED) is 0.668. The minimum atomic E-state index is -0.274. The van der Waals surface area contributed by atoms with Gasteiger partial charge in [0, 0.05) is 19.3 Å². The van der Waals surface area contributed by atoms with E-state index in [0.717, 1.165) is 25.7 Å². The first-order chi connectivity index (χ1) is 7.04. The summed E-state index contributed by atoms with van der Waals surface area (Å²) in [4.78, 5) is 21.5. The molecule has 0 saturated heterocycles. The maximum absolute atomic E-state index is 10.8. The van der Waals surface area contributed by atoms with Crippen LogP contribution in [-0.2, 0) is 19.1 Å². The minimum absolute atomic E-state index is 0.128. The predicted molar refractivity (Wildman–Crippen MR) is 54.2 cm³/mol. The second-order valence-corrected chi connectivity index (χ2v) is 4.27. The number of carbonyl (C=O) groups excluding carboxylic acids is 2. The van der Waals surface area contributed by atoms with E-state index in [2.05, 4.69) is 0 Å². The fourth-order valence-corrected chi connectivity index (χ4v) is 1.96. The standard InChI is InChI=1S/C11H18O4/c1-9(12)14-7-11(5-3-4-6-11)8-15-10(2)13/h3-8H2,1-2H3. The Balaban J connectivity index is 2.46. The Hall–Kier alpha value is -1.06. The Bertz CT molecular complexity index is 221. The minimum Gasteiger partial charge on any atom is -0.465 e. The monoisotopic (exact) mass is 214 g/mol. The molecule has 1 aliphatic carbocycles. The van der Waals surface area contributed by atoms with Gasteiger partial charge in [-0.05, 0) is 12.8 Å². The Morgan fingerprint density at radius 1 is 1.00 bits per heavy atom. The summed E-state index contributed by atoms with van der Waals surface area (Å²) in [6.45, 7) is 3.54. The molecule has 0 aliphatic heterocycles. The zero-order valence-electron chi connectivity index (χ0n) is 9.38. The van der Waals surface area contributed by atoms with Crippen LogP contribution in [0, 0.1) is 5.41 Å². The Morgan fingerprint density at radius 2 is 1.40 bits per heavy atom. The van der Waals surface area contributed by atoms with Crippen molar-refractivity contribution in [3.63, 3.8) is 0 Å². The zero-order valence-corrected chi connectivity index (χ0v) is 9.38. The van der Waals surface area contributed by atoms with E-state index in [9.17, 15) is 9.59 Å². The van der Waals surface area contributed by atoms with E-state index in [4.69, 9.17) is 9.47 Å². The van der Waals surface area contributed by atoms with Crippen LogP contribution in [0.5, 0.6) is 0 Å². The first kappa shape index (κ1) is 12.0. The van der Waals surface area contributed by atoms with Gasteiger partial charge in [-0.3, -0.25) is 9.59 Å². The lowest BCUT2D eigenvalue weighted by Crippen LogP contribution is -2.31. The summed E-state index contributed by atoms with van der Waals surface area (Å²) in [6, 6.07) is 0. The Labute approximate surface area is 89.9 Å². The SMILES string of the molecule is CC(=O)OCC1(COC(C)=O)CCCC1. The normalized spacial score (nSPS) is 18.5. The summed E-state index contributed by atoms with van der Waals surface area (Å²) in [7, 11) is 0. The first-order valence-electron chi connectivity index (χ1n) is 5.31. The molecule has 4 heteroatoms. The van der Waals surface area contributed by atoms with Crippen LogP contribution in [0.25, 0.3) is 0 Å². The molecule has 0 N–H and O–H groups in total. The molecule has 0 spiro atoms. The van der Waals surface area contributed by atoms with Crippen LogP contribution in [0.15, 0.2) is 0 Å². The number of esters is 2. The number of hydrogen-bond donors (Lipinski definition) is 0. The molecule has 0 radical (unpaired) electrons. The molecule has 1 rings (SSSR count). The largest absolute Gasteiger partial charge is 0.465 e. The Kier molecular flexibility index (Phi) is 4.12. The summed E-state index contributed by atoms with van der Waals surface area (Å²) in [5.74, 6) is -0.548. The number of hydrogen-bond acceptors (Lipinski definition) is 4. The smallest absolute Gasteiger partial charge is 0.302 e. The number of rotatable bonds is 4. The molecule has 4 nitrogen and oxygen atoms in total. The van der Waals surface area contributed by atoms with Gasteiger partial charge in [0.1, 0.15) is 13.2 Å². The average molecular weight is 214 g/mol. The maximum atomic E-state index is 10.8. The molecule has 1 fully saturated rings. The summed E-state index contributed by atoms with van der Waals surface area (Å²) in [5.41, 5.74) is -0.128. The second kappa shape index (κ2) is 5.14. The lowest BCUT2D eigenvalue weighted by molar-refractivity contribution is -0.151. The molecule has 0 aromatic rings. The third-order valence-corrected chi connectivity index (χ3v) is 2.83. The third-order valence-electron chi connectivity index (χ3n) is 2.83. The third kappa shape index (κ3) is 3.90. The predicted octanol–water partition coefficient (Wildman–Crippen LogP) is 1.67. The molecule has 0 aromatic carbocycles. The van der Waals surface area contributed by atoms with Gasteiger partial charge >= 0.3 is 11.9 Å². The molecule has 0 atom stereocenters. The van der Waals surface area contributed by atoms with Gasteiger partial charge in [-0.2, -0.15) is 0 Å². The molecule has 0 unspecified atom stereocenters. The van der Waals surface area contributed by atoms with Crippen molar-refractivity contribution >= 4 is 11.9 Å². The molecule has 0 aromatic heterocycles. The zero-order chi connectivity index (χ0) is 11.3. The van der Waals surface area contributed by atoms with Crippen molar-refractivity contribution in [2.45, 2.75) is 39.5 Å². The van der Waals surface area contributed by atoms with E-state index in [1.165, 1.54) is 13.8 Å². The van der Waals surface area contributed by atoms with Crippen molar-refractivity contribution in [2.75, 3.05) is 13.2 Å². The lowest BCUT2D eigenvalue weighted by Gasteiger charge is -2.27. The molecule has 0 amide bonds.